The van der Waals surface area contributed by atoms with Crippen LogP contribution in [0.1, 0.15) is 39.0 Å². The van der Waals surface area contributed by atoms with Gasteiger partial charge in [0.2, 0.25) is 5.79 Å². The zero-order valence-electron chi connectivity index (χ0n) is 16.4. The van der Waals surface area contributed by atoms with Gasteiger partial charge in [0.05, 0.1) is 13.7 Å². The van der Waals surface area contributed by atoms with Gasteiger partial charge in [0.25, 0.3) is 0 Å². The van der Waals surface area contributed by atoms with Crippen LogP contribution in [0, 0.1) is 5.92 Å². The molecule has 0 aromatic rings. The fraction of sp³-hybridized carbons (Fsp3) is 0.737. The third kappa shape index (κ3) is 4.18. The first-order chi connectivity index (χ1) is 11.8. The molecular formula is C19H32O5Si. The summed E-state index contributed by atoms with van der Waals surface area (Å²) in [6.07, 6.45) is 6.38. The lowest BCUT2D eigenvalue weighted by atomic mass is 9.77. The lowest BCUT2D eigenvalue weighted by Crippen LogP contribution is -2.52. The second kappa shape index (κ2) is 8.06. The highest BCUT2D eigenvalue weighted by Crippen LogP contribution is 2.48. The summed E-state index contributed by atoms with van der Waals surface area (Å²) in [4.78, 5) is 12.6. The fourth-order valence-electron chi connectivity index (χ4n) is 3.95. The van der Waals surface area contributed by atoms with Crippen molar-refractivity contribution in [1.29, 1.82) is 0 Å². The van der Waals surface area contributed by atoms with Gasteiger partial charge in [-0.3, -0.25) is 0 Å². The molecule has 0 radical (unpaired) electrons. The zero-order valence-corrected chi connectivity index (χ0v) is 17.4. The Morgan fingerprint density at radius 3 is 2.56 bits per heavy atom. The molecule has 0 saturated heterocycles. The van der Waals surface area contributed by atoms with E-state index in [0.29, 0.717) is 18.8 Å². The molecule has 0 spiro atoms. The van der Waals surface area contributed by atoms with Crippen molar-refractivity contribution in [1.82, 2.24) is 0 Å². The highest BCUT2D eigenvalue weighted by molar-refractivity contribution is 6.69. The number of allylic oxidation sites excluding steroid dienone is 1. The van der Waals surface area contributed by atoms with Crippen LogP contribution in [0.15, 0.2) is 23.0 Å². The van der Waals surface area contributed by atoms with Gasteiger partial charge in [-0.2, -0.15) is 0 Å². The number of rotatable bonds is 6. The van der Waals surface area contributed by atoms with E-state index in [9.17, 15) is 4.79 Å². The van der Waals surface area contributed by atoms with E-state index in [1.54, 1.807) is 14.2 Å². The van der Waals surface area contributed by atoms with Crippen LogP contribution in [0.3, 0.4) is 0 Å². The molecule has 2 atom stereocenters. The molecule has 142 valence electrons. The maximum Gasteiger partial charge on any atom is 0.334 e. The predicted molar refractivity (Wildman–Crippen MR) is 99.5 cm³/mol. The lowest BCUT2D eigenvalue weighted by Gasteiger charge is -2.45. The van der Waals surface area contributed by atoms with Gasteiger partial charge < -0.3 is 18.6 Å². The van der Waals surface area contributed by atoms with E-state index < -0.39 is 14.1 Å². The topological polar surface area (TPSA) is 54.0 Å². The number of ether oxygens (including phenoxy) is 3. The summed E-state index contributed by atoms with van der Waals surface area (Å²) >= 11 is 0. The largest absolute Gasteiger partial charge is 0.496 e. The molecule has 2 aliphatic rings. The summed E-state index contributed by atoms with van der Waals surface area (Å²) in [6.45, 7) is 8.64. The minimum absolute atomic E-state index is 0.0221. The van der Waals surface area contributed by atoms with Gasteiger partial charge >= 0.3 is 5.97 Å². The Kier molecular flexibility index (Phi) is 6.51. The van der Waals surface area contributed by atoms with Crippen LogP contribution in [0.5, 0.6) is 0 Å². The maximum atomic E-state index is 12.6. The molecule has 0 heterocycles. The van der Waals surface area contributed by atoms with Crippen LogP contribution < -0.4 is 0 Å². The summed E-state index contributed by atoms with van der Waals surface area (Å²) in [5, 5.41) is 0. The molecule has 0 amide bonds. The van der Waals surface area contributed by atoms with Crippen molar-refractivity contribution >= 4 is 14.3 Å². The van der Waals surface area contributed by atoms with Crippen LogP contribution in [-0.2, 0) is 23.4 Å². The number of fused-ring (bicyclic) bond motifs is 1. The molecule has 25 heavy (non-hydrogen) atoms. The van der Waals surface area contributed by atoms with E-state index in [1.807, 2.05) is 13.0 Å². The van der Waals surface area contributed by atoms with E-state index in [2.05, 4.69) is 19.6 Å². The molecule has 0 N–H and O–H groups in total. The SMILES string of the molecule is CCOC(=O)C1=C2CCCCC2C(OC)(O[Si](C)(C)C)C(OC)=CC1. The van der Waals surface area contributed by atoms with Crippen molar-refractivity contribution in [3.05, 3.63) is 23.0 Å². The standard InChI is InChI=1S/C19H32O5Si/c1-7-23-18(20)15-12-13-17(21-2)19(22-3,24-25(4,5)6)16-11-9-8-10-14(15)16/h13,16H,7-12H2,1-6H3. The molecule has 1 saturated carbocycles. The van der Waals surface area contributed by atoms with Gasteiger partial charge in [-0.05, 0) is 51.9 Å². The fourth-order valence-corrected chi connectivity index (χ4v) is 5.19. The van der Waals surface area contributed by atoms with Crippen LogP contribution in [0.4, 0.5) is 0 Å². The monoisotopic (exact) mass is 368 g/mol. The van der Waals surface area contributed by atoms with Crippen LogP contribution >= 0.6 is 0 Å². The van der Waals surface area contributed by atoms with Crippen molar-refractivity contribution in [2.75, 3.05) is 20.8 Å². The second-order valence-corrected chi connectivity index (χ2v) is 12.0. The molecule has 2 aliphatic carbocycles. The molecular weight excluding hydrogens is 336 g/mol. The summed E-state index contributed by atoms with van der Waals surface area (Å²) < 4.78 is 23.7. The lowest BCUT2D eigenvalue weighted by molar-refractivity contribution is -0.196. The van der Waals surface area contributed by atoms with Crippen LogP contribution in [0.2, 0.25) is 19.6 Å². The normalized spacial score (nSPS) is 27.3. The van der Waals surface area contributed by atoms with Crippen LogP contribution in [-0.4, -0.2) is 40.9 Å². The zero-order chi connectivity index (χ0) is 18.7. The predicted octanol–water partition coefficient (Wildman–Crippen LogP) is 4.16. The minimum Gasteiger partial charge on any atom is -0.496 e. The van der Waals surface area contributed by atoms with E-state index in [1.165, 1.54) is 0 Å². The molecule has 0 aromatic carbocycles. The number of hydrogen-bond donors (Lipinski definition) is 0. The number of hydrogen-bond acceptors (Lipinski definition) is 5. The number of carbonyl (C=O) groups excluding carboxylic acids is 1. The molecule has 5 nitrogen and oxygen atoms in total. The maximum absolute atomic E-state index is 12.6. The van der Waals surface area contributed by atoms with Gasteiger partial charge in [0.15, 0.2) is 14.1 Å². The molecule has 2 unspecified atom stereocenters. The Morgan fingerprint density at radius 1 is 1.28 bits per heavy atom. The van der Waals surface area contributed by atoms with Crippen molar-refractivity contribution in [2.45, 2.75) is 64.5 Å². The van der Waals surface area contributed by atoms with E-state index in [0.717, 1.165) is 36.8 Å². The average molecular weight is 369 g/mol. The summed E-state index contributed by atoms with van der Waals surface area (Å²) in [5.41, 5.74) is 1.87. The number of esters is 1. The van der Waals surface area contributed by atoms with Crippen molar-refractivity contribution < 1.29 is 23.4 Å². The van der Waals surface area contributed by atoms with Gasteiger partial charge in [-0.25, -0.2) is 4.79 Å². The Morgan fingerprint density at radius 2 is 2.00 bits per heavy atom. The molecule has 0 aliphatic heterocycles. The van der Waals surface area contributed by atoms with Crippen LogP contribution in [0.25, 0.3) is 0 Å². The molecule has 1 fully saturated rings. The van der Waals surface area contributed by atoms with Crippen molar-refractivity contribution in [3.8, 4) is 0 Å². The Bertz CT molecular complexity index is 561. The summed E-state index contributed by atoms with van der Waals surface area (Å²) in [6, 6.07) is 0. The first-order valence-electron chi connectivity index (χ1n) is 9.18. The van der Waals surface area contributed by atoms with Crippen molar-refractivity contribution in [2.24, 2.45) is 5.92 Å². The molecule has 0 aromatic heterocycles. The quantitative estimate of drug-likeness (QED) is 0.400. The minimum atomic E-state index is -1.94. The molecule has 0 bridgehead atoms. The average Bonchev–Trinajstić information content (AvgIpc) is 2.69. The Balaban J connectivity index is 2.59. The Labute approximate surface area is 152 Å². The van der Waals surface area contributed by atoms with Gasteiger partial charge in [0.1, 0.15) is 0 Å². The first kappa shape index (κ1) is 20.2. The second-order valence-electron chi connectivity index (χ2n) is 7.59. The molecule has 2 rings (SSSR count). The van der Waals surface area contributed by atoms with Gasteiger partial charge in [-0.1, -0.05) is 12.0 Å². The van der Waals surface area contributed by atoms with E-state index in [-0.39, 0.29) is 11.9 Å². The highest BCUT2D eigenvalue weighted by atomic mass is 28.4. The third-order valence-electron chi connectivity index (χ3n) is 4.79. The number of carbonyl (C=O) groups is 1. The molecule has 6 heteroatoms. The van der Waals surface area contributed by atoms with Crippen molar-refractivity contribution in [3.63, 3.8) is 0 Å². The number of methoxy groups -OCH3 is 2. The summed E-state index contributed by atoms with van der Waals surface area (Å²) in [5.74, 6) is -0.535. The van der Waals surface area contributed by atoms with Gasteiger partial charge in [0, 0.05) is 25.0 Å². The summed E-state index contributed by atoms with van der Waals surface area (Å²) in [7, 11) is 1.38. The first-order valence-corrected chi connectivity index (χ1v) is 12.6. The van der Waals surface area contributed by atoms with E-state index in [4.69, 9.17) is 18.6 Å². The van der Waals surface area contributed by atoms with Gasteiger partial charge in [-0.15, -0.1) is 0 Å². The highest BCUT2D eigenvalue weighted by Gasteiger charge is 2.51. The van der Waals surface area contributed by atoms with E-state index >= 15 is 0 Å². The Hall–Kier alpha value is -1.11. The smallest absolute Gasteiger partial charge is 0.334 e. The third-order valence-corrected chi connectivity index (χ3v) is 5.71.